The second kappa shape index (κ2) is 9.00. The van der Waals surface area contributed by atoms with Gasteiger partial charge >= 0.3 is 0 Å². The Bertz CT molecular complexity index is 918. The highest BCUT2D eigenvalue weighted by Gasteiger charge is 2.46. The minimum atomic E-state index is -0.406. The van der Waals surface area contributed by atoms with Crippen molar-refractivity contribution in [1.82, 2.24) is 4.90 Å². The van der Waals surface area contributed by atoms with Gasteiger partial charge in [0.2, 0.25) is 11.8 Å². The van der Waals surface area contributed by atoms with E-state index in [9.17, 15) is 9.59 Å². The Morgan fingerprint density at radius 3 is 2.00 bits per heavy atom. The minimum Gasteiger partial charge on any atom is -0.497 e. The topological polar surface area (TPSA) is 59.1 Å². The molecule has 2 amide bonds. The number of ether oxygens (including phenoxy) is 2. The summed E-state index contributed by atoms with van der Waals surface area (Å²) >= 11 is 0. The SMILES string of the molecule is COc1ccc([C@@H]2[C@H](C(=O)N3CCC(C)CC3)CC(=O)N2c2ccc(OC)cc2)cc1. The summed E-state index contributed by atoms with van der Waals surface area (Å²) in [4.78, 5) is 30.4. The van der Waals surface area contributed by atoms with Crippen LogP contribution in [0.5, 0.6) is 11.5 Å². The van der Waals surface area contributed by atoms with Crippen LogP contribution in [0.15, 0.2) is 48.5 Å². The lowest BCUT2D eigenvalue weighted by molar-refractivity contribution is -0.137. The molecule has 6 heteroatoms. The van der Waals surface area contributed by atoms with Gasteiger partial charge in [-0.2, -0.15) is 0 Å². The Labute approximate surface area is 183 Å². The van der Waals surface area contributed by atoms with Gasteiger partial charge in [0.05, 0.1) is 26.2 Å². The third-order valence-electron chi connectivity index (χ3n) is 6.54. The van der Waals surface area contributed by atoms with Crippen LogP contribution in [0.3, 0.4) is 0 Å². The average Bonchev–Trinajstić information content (AvgIpc) is 3.16. The molecule has 0 spiro atoms. The number of piperidine rings is 1. The Balaban J connectivity index is 1.69. The third-order valence-corrected chi connectivity index (χ3v) is 6.54. The van der Waals surface area contributed by atoms with E-state index in [1.165, 1.54) is 0 Å². The molecule has 0 unspecified atom stereocenters. The molecule has 0 aromatic heterocycles. The molecular weight excluding hydrogens is 392 g/mol. The van der Waals surface area contributed by atoms with Crippen LogP contribution in [0.2, 0.25) is 0 Å². The van der Waals surface area contributed by atoms with Crippen molar-refractivity contribution < 1.29 is 19.1 Å². The number of hydrogen-bond donors (Lipinski definition) is 0. The van der Waals surface area contributed by atoms with Crippen molar-refractivity contribution in [3.8, 4) is 11.5 Å². The van der Waals surface area contributed by atoms with E-state index in [1.807, 2.05) is 53.4 Å². The zero-order valence-electron chi connectivity index (χ0n) is 18.4. The molecule has 2 aliphatic heterocycles. The van der Waals surface area contributed by atoms with Gasteiger partial charge in [-0.3, -0.25) is 9.59 Å². The van der Waals surface area contributed by atoms with Crippen LogP contribution in [0.1, 0.15) is 37.8 Å². The highest BCUT2D eigenvalue weighted by atomic mass is 16.5. The molecule has 164 valence electrons. The first-order valence-electron chi connectivity index (χ1n) is 10.9. The molecule has 2 aromatic rings. The zero-order valence-corrected chi connectivity index (χ0v) is 18.4. The number of amides is 2. The summed E-state index contributed by atoms with van der Waals surface area (Å²) < 4.78 is 10.6. The van der Waals surface area contributed by atoms with Crippen molar-refractivity contribution >= 4 is 17.5 Å². The number of benzene rings is 2. The van der Waals surface area contributed by atoms with Crippen LogP contribution >= 0.6 is 0 Å². The lowest BCUT2D eigenvalue weighted by Gasteiger charge is -2.35. The molecule has 4 rings (SSSR count). The number of carbonyl (C=O) groups is 2. The number of carbonyl (C=O) groups excluding carboxylic acids is 2. The summed E-state index contributed by atoms with van der Waals surface area (Å²) in [5.41, 5.74) is 1.71. The highest BCUT2D eigenvalue weighted by molar-refractivity contribution is 6.01. The summed E-state index contributed by atoms with van der Waals surface area (Å²) in [6, 6.07) is 14.8. The van der Waals surface area contributed by atoms with Gasteiger partial charge in [-0.25, -0.2) is 0 Å². The number of likely N-dealkylation sites (tertiary alicyclic amines) is 1. The Morgan fingerprint density at radius 1 is 0.903 bits per heavy atom. The zero-order chi connectivity index (χ0) is 22.0. The van der Waals surface area contributed by atoms with Gasteiger partial charge in [0, 0.05) is 25.2 Å². The molecular formula is C25H30N2O4. The Hall–Kier alpha value is -3.02. The molecule has 2 aliphatic rings. The maximum Gasteiger partial charge on any atom is 0.228 e. The van der Waals surface area contributed by atoms with Gasteiger partial charge in [-0.15, -0.1) is 0 Å². The van der Waals surface area contributed by atoms with Crippen molar-refractivity contribution in [3.05, 3.63) is 54.1 Å². The first kappa shape index (κ1) is 21.2. The highest BCUT2D eigenvalue weighted by Crippen LogP contribution is 2.43. The quantitative estimate of drug-likeness (QED) is 0.729. The molecule has 0 radical (unpaired) electrons. The van der Waals surface area contributed by atoms with Crippen LogP contribution in [-0.2, 0) is 9.59 Å². The third kappa shape index (κ3) is 4.24. The van der Waals surface area contributed by atoms with E-state index >= 15 is 0 Å². The van der Waals surface area contributed by atoms with E-state index in [1.54, 1.807) is 19.1 Å². The summed E-state index contributed by atoms with van der Waals surface area (Å²) in [5.74, 6) is 1.76. The fourth-order valence-electron chi connectivity index (χ4n) is 4.65. The van der Waals surface area contributed by atoms with E-state index in [4.69, 9.17) is 9.47 Å². The normalized spacial score (nSPS) is 22.0. The molecule has 0 N–H and O–H groups in total. The second-order valence-electron chi connectivity index (χ2n) is 8.50. The maximum absolute atomic E-state index is 13.5. The molecule has 0 bridgehead atoms. The van der Waals surface area contributed by atoms with E-state index in [-0.39, 0.29) is 24.3 Å². The van der Waals surface area contributed by atoms with Crippen LogP contribution in [0.4, 0.5) is 5.69 Å². The molecule has 0 aliphatic carbocycles. The van der Waals surface area contributed by atoms with Gasteiger partial charge in [-0.05, 0) is 60.7 Å². The van der Waals surface area contributed by atoms with Crippen molar-refractivity contribution in [3.63, 3.8) is 0 Å². The van der Waals surface area contributed by atoms with Crippen LogP contribution < -0.4 is 14.4 Å². The first-order chi connectivity index (χ1) is 15.0. The van der Waals surface area contributed by atoms with E-state index < -0.39 is 5.92 Å². The standard InChI is InChI=1S/C25H30N2O4/c1-17-12-14-26(15-13-17)25(29)22-16-23(28)27(19-6-10-21(31-3)11-7-19)24(22)18-4-8-20(30-2)9-5-18/h4-11,17,22,24H,12-16H2,1-3H3/t22-,24-/m1/s1. The summed E-state index contributed by atoms with van der Waals surface area (Å²) in [6.07, 6.45) is 2.25. The Kier molecular flexibility index (Phi) is 6.16. The molecule has 31 heavy (non-hydrogen) atoms. The fourth-order valence-corrected chi connectivity index (χ4v) is 4.65. The van der Waals surface area contributed by atoms with Gasteiger partial charge in [-0.1, -0.05) is 19.1 Å². The Morgan fingerprint density at radius 2 is 1.45 bits per heavy atom. The number of nitrogens with zero attached hydrogens (tertiary/aromatic N) is 2. The smallest absolute Gasteiger partial charge is 0.228 e. The van der Waals surface area contributed by atoms with Crippen LogP contribution in [0, 0.1) is 11.8 Å². The van der Waals surface area contributed by atoms with E-state index in [0.717, 1.165) is 48.7 Å². The molecule has 2 atom stereocenters. The van der Waals surface area contributed by atoms with Gasteiger partial charge in [0.25, 0.3) is 0 Å². The number of anilines is 1. The summed E-state index contributed by atoms with van der Waals surface area (Å²) in [6.45, 7) is 3.76. The average molecular weight is 423 g/mol. The summed E-state index contributed by atoms with van der Waals surface area (Å²) in [5, 5.41) is 0. The predicted octanol–water partition coefficient (Wildman–Crippen LogP) is 4.06. The molecule has 2 heterocycles. The number of hydrogen-bond acceptors (Lipinski definition) is 4. The molecule has 0 saturated carbocycles. The number of methoxy groups -OCH3 is 2. The van der Waals surface area contributed by atoms with E-state index in [0.29, 0.717) is 5.92 Å². The lowest BCUT2D eigenvalue weighted by atomic mass is 9.90. The molecule has 2 aromatic carbocycles. The maximum atomic E-state index is 13.5. The van der Waals surface area contributed by atoms with Crippen LogP contribution in [0.25, 0.3) is 0 Å². The van der Waals surface area contributed by atoms with Crippen molar-refractivity contribution in [1.29, 1.82) is 0 Å². The minimum absolute atomic E-state index is 0.0327. The predicted molar refractivity (Wildman–Crippen MR) is 119 cm³/mol. The van der Waals surface area contributed by atoms with Gasteiger partial charge < -0.3 is 19.3 Å². The van der Waals surface area contributed by atoms with Crippen molar-refractivity contribution in [2.45, 2.75) is 32.2 Å². The first-order valence-corrected chi connectivity index (χ1v) is 10.9. The monoisotopic (exact) mass is 422 g/mol. The van der Waals surface area contributed by atoms with Gasteiger partial charge in [0.15, 0.2) is 0 Å². The van der Waals surface area contributed by atoms with Crippen molar-refractivity contribution in [2.24, 2.45) is 11.8 Å². The summed E-state index contributed by atoms with van der Waals surface area (Å²) in [7, 11) is 3.24. The largest absolute Gasteiger partial charge is 0.497 e. The fraction of sp³-hybridized carbons (Fsp3) is 0.440. The number of rotatable bonds is 5. The van der Waals surface area contributed by atoms with Gasteiger partial charge in [0.1, 0.15) is 11.5 Å². The van der Waals surface area contributed by atoms with Crippen LogP contribution in [-0.4, -0.2) is 44.0 Å². The molecule has 6 nitrogen and oxygen atoms in total. The van der Waals surface area contributed by atoms with Crippen molar-refractivity contribution in [2.75, 3.05) is 32.2 Å². The van der Waals surface area contributed by atoms with E-state index in [2.05, 4.69) is 6.92 Å². The molecule has 2 fully saturated rings. The second-order valence-corrected chi connectivity index (χ2v) is 8.50. The lowest BCUT2D eigenvalue weighted by Crippen LogP contribution is -2.43. The molecule has 2 saturated heterocycles.